The number of ether oxygens (including phenoxy) is 4. The molecule has 0 aromatic carbocycles. The van der Waals surface area contributed by atoms with Crippen molar-refractivity contribution in [1.29, 1.82) is 0 Å². The molecule has 0 aliphatic carbocycles. The Bertz CT molecular complexity index is 1840. The van der Waals surface area contributed by atoms with Gasteiger partial charge in [-0.1, -0.05) is 319 Å². The second kappa shape index (κ2) is 63.5. The van der Waals surface area contributed by atoms with Crippen LogP contribution in [-0.2, 0) is 65.4 Å². The minimum absolute atomic E-state index is 0.104. The van der Waals surface area contributed by atoms with Crippen LogP contribution in [0.2, 0.25) is 0 Å². The smallest absolute Gasteiger partial charge is 0.462 e. The largest absolute Gasteiger partial charge is 0.472 e. The van der Waals surface area contributed by atoms with Crippen LogP contribution in [-0.4, -0.2) is 96.7 Å². The zero-order valence-electron chi connectivity index (χ0n) is 60.9. The quantitative estimate of drug-likeness (QED) is 0.0222. The second-order valence-corrected chi connectivity index (χ2v) is 31.3. The van der Waals surface area contributed by atoms with E-state index in [1.807, 2.05) is 0 Å². The molecule has 0 fully saturated rings. The average molecular weight is 1370 g/mol. The first-order valence-corrected chi connectivity index (χ1v) is 41.2. The molecule has 17 nitrogen and oxygen atoms in total. The van der Waals surface area contributed by atoms with Gasteiger partial charge in [0.1, 0.15) is 19.3 Å². The van der Waals surface area contributed by atoms with E-state index >= 15 is 0 Å². The summed E-state index contributed by atoms with van der Waals surface area (Å²) in [7, 11) is -9.91. The fourth-order valence-corrected chi connectivity index (χ4v) is 12.7. The normalized spacial score (nSPS) is 14.5. The summed E-state index contributed by atoms with van der Waals surface area (Å²) in [5.74, 6) is 0.922. The third-order valence-electron chi connectivity index (χ3n) is 17.4. The maximum atomic E-state index is 13.1. The highest BCUT2D eigenvalue weighted by Gasteiger charge is 2.30. The summed E-state index contributed by atoms with van der Waals surface area (Å²) in [4.78, 5) is 72.7. The Morgan fingerprint density at radius 1 is 0.301 bits per heavy atom. The van der Waals surface area contributed by atoms with Crippen molar-refractivity contribution in [2.75, 3.05) is 39.6 Å². The van der Waals surface area contributed by atoms with Crippen LogP contribution in [0.15, 0.2) is 0 Å². The van der Waals surface area contributed by atoms with Crippen LogP contribution in [0.4, 0.5) is 0 Å². The highest BCUT2D eigenvalue weighted by atomic mass is 31.2. The van der Waals surface area contributed by atoms with E-state index in [-0.39, 0.29) is 25.7 Å². The summed E-state index contributed by atoms with van der Waals surface area (Å²) in [6.45, 7) is 14.2. The highest BCUT2D eigenvalue weighted by molar-refractivity contribution is 7.47. The second-order valence-electron chi connectivity index (χ2n) is 28.4. The van der Waals surface area contributed by atoms with Gasteiger partial charge in [-0.2, -0.15) is 0 Å². The first-order chi connectivity index (χ1) is 44.6. The number of esters is 4. The van der Waals surface area contributed by atoms with E-state index in [1.54, 1.807) is 0 Å². The van der Waals surface area contributed by atoms with Crippen LogP contribution in [0, 0.1) is 23.7 Å². The van der Waals surface area contributed by atoms with E-state index in [0.29, 0.717) is 31.6 Å². The minimum atomic E-state index is -4.96. The van der Waals surface area contributed by atoms with Crippen LogP contribution < -0.4 is 0 Å². The van der Waals surface area contributed by atoms with Gasteiger partial charge in [-0.05, 0) is 49.4 Å². The molecule has 0 bridgehead atoms. The number of aliphatic hydroxyl groups is 1. The predicted octanol–water partition coefficient (Wildman–Crippen LogP) is 21.3. The Hall–Kier alpha value is -1.94. The van der Waals surface area contributed by atoms with Crippen molar-refractivity contribution in [1.82, 2.24) is 0 Å². The molecule has 0 saturated heterocycles. The summed E-state index contributed by atoms with van der Waals surface area (Å²) in [5, 5.41) is 10.6. The molecule has 0 rings (SSSR count). The Morgan fingerprint density at radius 3 is 0.763 bits per heavy atom. The number of phosphoric acid groups is 2. The lowest BCUT2D eigenvalue weighted by Crippen LogP contribution is -2.30. The Balaban J connectivity index is 5.26. The molecule has 0 heterocycles. The van der Waals surface area contributed by atoms with Gasteiger partial charge >= 0.3 is 39.5 Å². The number of rotatable bonds is 71. The Labute approximate surface area is 568 Å². The van der Waals surface area contributed by atoms with E-state index in [0.717, 1.165) is 114 Å². The molecular formula is C74H144O17P2. The zero-order valence-corrected chi connectivity index (χ0v) is 62.7. The van der Waals surface area contributed by atoms with Gasteiger partial charge < -0.3 is 33.8 Å². The zero-order chi connectivity index (χ0) is 68.9. The predicted molar refractivity (Wildman–Crippen MR) is 377 cm³/mol. The number of carbonyl (C=O) groups is 4. The Kier molecular flexibility index (Phi) is 62.2. The summed E-state index contributed by atoms with van der Waals surface area (Å²) < 4.78 is 68.4. The van der Waals surface area contributed by atoms with Crippen molar-refractivity contribution < 1.29 is 80.2 Å². The monoisotopic (exact) mass is 1370 g/mol. The molecule has 93 heavy (non-hydrogen) atoms. The molecule has 0 aliphatic heterocycles. The molecule has 0 aromatic rings. The molecule has 0 aromatic heterocycles. The maximum Gasteiger partial charge on any atom is 0.472 e. The minimum Gasteiger partial charge on any atom is -0.462 e. The number of carbonyl (C=O) groups excluding carboxylic acids is 4. The third-order valence-corrected chi connectivity index (χ3v) is 19.3. The standard InChI is InChI=1S/C74H144O17P2/c1-9-67(8)53-45-37-29-21-16-17-22-30-38-46-54-71(76)84-60-69(90-73(78)56-48-40-31-23-15-13-11-10-12-14-19-26-34-42-50-64(2)3)62-88-92(80,81)86-58-68(75)59-87-93(82,83)89-63-70(61-85-72(77)55-47-39-33-25-28-36-44-52-66(6)7)91-74(79)57-49-41-32-24-18-20-27-35-43-51-65(4)5/h64-70,75H,9-63H2,1-8H3,(H,80,81)(H,82,83)/t67?,68?,69-,70-/m1/s1. The highest BCUT2D eigenvalue weighted by Crippen LogP contribution is 2.45. The van der Waals surface area contributed by atoms with E-state index in [2.05, 4.69) is 55.4 Å². The molecule has 0 saturated carbocycles. The van der Waals surface area contributed by atoms with Gasteiger partial charge in [-0.25, -0.2) is 9.13 Å². The molecule has 0 amide bonds. The van der Waals surface area contributed by atoms with Crippen molar-refractivity contribution in [3.63, 3.8) is 0 Å². The van der Waals surface area contributed by atoms with Crippen LogP contribution in [0.3, 0.4) is 0 Å². The van der Waals surface area contributed by atoms with E-state index < -0.39 is 97.5 Å². The molecule has 19 heteroatoms. The lowest BCUT2D eigenvalue weighted by molar-refractivity contribution is -0.161. The van der Waals surface area contributed by atoms with Gasteiger partial charge in [0.15, 0.2) is 12.2 Å². The molecule has 3 N–H and O–H groups in total. The molecular weight excluding hydrogens is 1220 g/mol. The Morgan fingerprint density at radius 2 is 0.516 bits per heavy atom. The summed E-state index contributed by atoms with van der Waals surface area (Å²) in [6, 6.07) is 0. The van der Waals surface area contributed by atoms with Crippen molar-refractivity contribution in [2.24, 2.45) is 23.7 Å². The van der Waals surface area contributed by atoms with E-state index in [1.165, 1.54) is 167 Å². The topological polar surface area (TPSA) is 237 Å². The summed E-state index contributed by atoms with van der Waals surface area (Å²) in [6.07, 6.45) is 47.2. The molecule has 4 unspecified atom stereocenters. The lowest BCUT2D eigenvalue weighted by atomic mass is 9.99. The maximum absolute atomic E-state index is 13.1. The SMILES string of the molecule is CCC(C)CCCCCCCCCCCCC(=O)OC[C@H](COP(=O)(O)OCC(O)COP(=O)(O)OC[C@@H](COC(=O)CCCCCCCCCC(C)C)OC(=O)CCCCCCCCCCCC(C)C)OC(=O)CCCCCCCCCCCCCCCCC(C)C. The van der Waals surface area contributed by atoms with Gasteiger partial charge in [0.05, 0.1) is 26.4 Å². The van der Waals surface area contributed by atoms with Crippen LogP contribution in [0.1, 0.15) is 370 Å². The number of unbranched alkanes of at least 4 members (excludes halogenated alkanes) is 36. The van der Waals surface area contributed by atoms with Crippen LogP contribution >= 0.6 is 15.6 Å². The molecule has 0 aliphatic rings. The van der Waals surface area contributed by atoms with Gasteiger partial charge in [0.25, 0.3) is 0 Å². The van der Waals surface area contributed by atoms with E-state index in [9.17, 15) is 43.2 Å². The first kappa shape index (κ1) is 91.1. The number of hydrogen-bond acceptors (Lipinski definition) is 15. The summed E-state index contributed by atoms with van der Waals surface area (Å²) in [5.41, 5.74) is 0. The lowest BCUT2D eigenvalue weighted by Gasteiger charge is -2.21. The first-order valence-electron chi connectivity index (χ1n) is 38.2. The van der Waals surface area contributed by atoms with Gasteiger partial charge in [0, 0.05) is 25.7 Å². The number of aliphatic hydroxyl groups excluding tert-OH is 1. The van der Waals surface area contributed by atoms with Crippen LogP contribution in [0.5, 0.6) is 0 Å². The van der Waals surface area contributed by atoms with E-state index in [4.69, 9.17) is 37.0 Å². The van der Waals surface area contributed by atoms with Crippen LogP contribution in [0.25, 0.3) is 0 Å². The van der Waals surface area contributed by atoms with Gasteiger partial charge in [0.2, 0.25) is 0 Å². The number of phosphoric ester groups is 2. The van der Waals surface area contributed by atoms with Crippen molar-refractivity contribution in [3.8, 4) is 0 Å². The molecule has 552 valence electrons. The summed E-state index contributed by atoms with van der Waals surface area (Å²) >= 11 is 0. The molecule has 6 atom stereocenters. The molecule has 0 radical (unpaired) electrons. The number of hydrogen-bond donors (Lipinski definition) is 3. The fourth-order valence-electron chi connectivity index (χ4n) is 11.2. The van der Waals surface area contributed by atoms with Crippen molar-refractivity contribution in [2.45, 2.75) is 388 Å². The molecule has 0 spiro atoms. The van der Waals surface area contributed by atoms with Gasteiger partial charge in [-0.15, -0.1) is 0 Å². The average Bonchev–Trinajstić information content (AvgIpc) is 1.38. The van der Waals surface area contributed by atoms with Crippen molar-refractivity contribution >= 4 is 39.5 Å². The van der Waals surface area contributed by atoms with Crippen molar-refractivity contribution in [3.05, 3.63) is 0 Å². The van der Waals surface area contributed by atoms with Gasteiger partial charge in [-0.3, -0.25) is 37.3 Å². The third kappa shape index (κ3) is 67.0. The fraction of sp³-hybridized carbons (Fsp3) is 0.946.